The van der Waals surface area contributed by atoms with Crippen LogP contribution in [0.25, 0.3) is 11.1 Å². The highest BCUT2D eigenvalue weighted by Crippen LogP contribution is 2.37. The maximum Gasteiger partial charge on any atom is 0.201 e. The SMILES string of the molecule is C.C=CC1CCC(c2ccc(-c3ccc(OC)c(F)c3F)cc2)CC1.[HH]. The summed E-state index contributed by atoms with van der Waals surface area (Å²) < 4.78 is 32.9. The molecule has 0 heterocycles. The van der Waals surface area contributed by atoms with E-state index >= 15 is 0 Å². The van der Waals surface area contributed by atoms with Crippen molar-refractivity contribution in [3.8, 4) is 16.9 Å². The maximum atomic E-state index is 14.2. The summed E-state index contributed by atoms with van der Waals surface area (Å²) in [5, 5.41) is 0. The summed E-state index contributed by atoms with van der Waals surface area (Å²) in [4.78, 5) is 0. The Bertz CT molecular complexity index is 720. The third-order valence-corrected chi connectivity index (χ3v) is 5.07. The van der Waals surface area contributed by atoms with Gasteiger partial charge in [-0.15, -0.1) is 6.58 Å². The number of benzene rings is 2. The van der Waals surface area contributed by atoms with Crippen LogP contribution < -0.4 is 4.74 Å². The Kier molecular flexibility index (Phi) is 6.35. The molecule has 0 aromatic heterocycles. The van der Waals surface area contributed by atoms with Crippen molar-refractivity contribution in [3.05, 3.63) is 66.3 Å². The zero-order valence-electron chi connectivity index (χ0n) is 13.9. The van der Waals surface area contributed by atoms with Crippen LogP contribution in [0.3, 0.4) is 0 Å². The summed E-state index contributed by atoms with van der Waals surface area (Å²) in [6, 6.07) is 10.8. The molecule has 2 aromatic rings. The van der Waals surface area contributed by atoms with Crippen LogP contribution in [0.1, 0.15) is 46.0 Å². The fourth-order valence-corrected chi connectivity index (χ4v) is 3.54. The number of rotatable bonds is 4. The van der Waals surface area contributed by atoms with Gasteiger partial charge in [0.25, 0.3) is 0 Å². The molecule has 1 nitrogen and oxygen atoms in total. The molecule has 25 heavy (non-hydrogen) atoms. The van der Waals surface area contributed by atoms with Crippen molar-refractivity contribution in [1.82, 2.24) is 0 Å². The molecule has 0 spiro atoms. The molecular weight excluding hydrogens is 318 g/mol. The largest absolute Gasteiger partial charge is 0.494 e. The number of halogens is 2. The van der Waals surface area contributed by atoms with E-state index in [1.807, 2.05) is 24.3 Å². The molecule has 0 N–H and O–H groups in total. The first-order chi connectivity index (χ1) is 11.6. The molecule has 0 aliphatic heterocycles. The van der Waals surface area contributed by atoms with Crippen molar-refractivity contribution < 1.29 is 14.9 Å². The van der Waals surface area contributed by atoms with Crippen LogP contribution in [-0.4, -0.2) is 7.11 Å². The minimum Gasteiger partial charge on any atom is -0.494 e. The van der Waals surface area contributed by atoms with Gasteiger partial charge >= 0.3 is 0 Å². The summed E-state index contributed by atoms with van der Waals surface area (Å²) in [6.45, 7) is 3.88. The van der Waals surface area contributed by atoms with Gasteiger partial charge in [0.05, 0.1) is 7.11 Å². The van der Waals surface area contributed by atoms with Crippen LogP contribution in [-0.2, 0) is 0 Å². The minimum absolute atomic E-state index is 0. The van der Waals surface area contributed by atoms with Crippen LogP contribution in [0.4, 0.5) is 8.78 Å². The molecule has 2 aromatic carbocycles. The van der Waals surface area contributed by atoms with Crippen molar-refractivity contribution in [1.29, 1.82) is 0 Å². The topological polar surface area (TPSA) is 9.23 Å². The molecule has 3 rings (SSSR count). The zero-order chi connectivity index (χ0) is 17.1. The van der Waals surface area contributed by atoms with E-state index in [0.717, 1.165) is 12.8 Å². The molecule has 0 amide bonds. The van der Waals surface area contributed by atoms with E-state index in [1.54, 1.807) is 6.07 Å². The molecule has 0 radical (unpaired) electrons. The lowest BCUT2D eigenvalue weighted by Crippen LogP contribution is -2.11. The fraction of sp³-hybridized carbons (Fsp3) is 0.364. The Hall–Kier alpha value is -2.16. The van der Waals surface area contributed by atoms with Gasteiger partial charge < -0.3 is 4.74 Å². The number of hydrogen-bond donors (Lipinski definition) is 0. The van der Waals surface area contributed by atoms with Gasteiger partial charge in [-0.1, -0.05) is 37.8 Å². The zero-order valence-corrected chi connectivity index (χ0v) is 13.9. The number of ether oxygens (including phenoxy) is 1. The second kappa shape index (κ2) is 8.28. The van der Waals surface area contributed by atoms with Crippen LogP contribution in [0.15, 0.2) is 49.1 Å². The van der Waals surface area contributed by atoms with Crippen molar-refractivity contribution >= 4 is 0 Å². The number of methoxy groups -OCH3 is 1. The normalized spacial score (nSPS) is 19.8. The van der Waals surface area contributed by atoms with Crippen LogP contribution in [0, 0.1) is 17.6 Å². The minimum atomic E-state index is -0.943. The van der Waals surface area contributed by atoms with Crippen molar-refractivity contribution in [2.45, 2.75) is 39.0 Å². The molecule has 1 saturated carbocycles. The molecule has 0 atom stereocenters. The molecule has 136 valence electrons. The molecule has 1 aliphatic carbocycles. The average Bonchev–Trinajstić information content (AvgIpc) is 2.64. The summed E-state index contributed by atoms with van der Waals surface area (Å²) in [7, 11) is 1.33. The lowest BCUT2D eigenvalue weighted by atomic mass is 9.78. The number of hydrogen-bond acceptors (Lipinski definition) is 1. The first kappa shape index (κ1) is 19.2. The van der Waals surface area contributed by atoms with Crippen molar-refractivity contribution in [3.63, 3.8) is 0 Å². The fourth-order valence-electron chi connectivity index (χ4n) is 3.54. The van der Waals surface area contributed by atoms with Gasteiger partial charge in [0, 0.05) is 6.99 Å². The van der Waals surface area contributed by atoms with E-state index in [4.69, 9.17) is 4.74 Å². The summed E-state index contributed by atoms with van der Waals surface area (Å²) in [5.74, 6) is -0.702. The van der Waals surface area contributed by atoms with Gasteiger partial charge in [0.1, 0.15) is 0 Å². The van der Waals surface area contributed by atoms with Crippen LogP contribution >= 0.6 is 0 Å². The lowest BCUT2D eigenvalue weighted by Gasteiger charge is -2.27. The third-order valence-electron chi connectivity index (χ3n) is 5.07. The predicted octanol–water partition coefficient (Wildman–Crippen LogP) is 6.98. The molecule has 3 heteroatoms. The van der Waals surface area contributed by atoms with E-state index in [1.165, 1.54) is 31.6 Å². The van der Waals surface area contributed by atoms with Gasteiger partial charge in [-0.2, -0.15) is 4.39 Å². The van der Waals surface area contributed by atoms with Gasteiger partial charge in [0.2, 0.25) is 5.82 Å². The average molecular weight is 346 g/mol. The second-order valence-electron chi connectivity index (χ2n) is 6.41. The molecule has 1 aliphatic rings. The van der Waals surface area contributed by atoms with Gasteiger partial charge in [-0.05, 0) is 60.8 Å². The quantitative estimate of drug-likeness (QED) is 0.542. The van der Waals surface area contributed by atoms with Gasteiger partial charge in [-0.25, -0.2) is 4.39 Å². The maximum absolute atomic E-state index is 14.2. The first-order valence-electron chi connectivity index (χ1n) is 8.39. The van der Waals surface area contributed by atoms with E-state index in [2.05, 4.69) is 12.7 Å². The first-order valence-corrected chi connectivity index (χ1v) is 8.39. The number of allylic oxidation sites excluding steroid dienone is 1. The second-order valence-corrected chi connectivity index (χ2v) is 6.41. The van der Waals surface area contributed by atoms with E-state index < -0.39 is 11.6 Å². The van der Waals surface area contributed by atoms with E-state index in [9.17, 15) is 8.78 Å². The summed E-state index contributed by atoms with van der Waals surface area (Å²) in [5.41, 5.74) is 2.21. The highest BCUT2D eigenvalue weighted by molar-refractivity contribution is 5.65. The Balaban J connectivity index is 0.00000169. The molecule has 0 bridgehead atoms. The third kappa shape index (κ3) is 3.92. The molecule has 0 unspecified atom stereocenters. The van der Waals surface area contributed by atoms with Gasteiger partial charge in [-0.3, -0.25) is 0 Å². The predicted molar refractivity (Wildman–Crippen MR) is 102 cm³/mol. The molecule has 0 saturated heterocycles. The Morgan fingerprint density at radius 2 is 1.64 bits per heavy atom. The summed E-state index contributed by atoms with van der Waals surface area (Å²) in [6.07, 6.45) is 6.71. The summed E-state index contributed by atoms with van der Waals surface area (Å²) >= 11 is 0. The highest BCUT2D eigenvalue weighted by Gasteiger charge is 2.21. The monoisotopic (exact) mass is 346 g/mol. The van der Waals surface area contributed by atoms with E-state index in [0.29, 0.717) is 17.4 Å². The van der Waals surface area contributed by atoms with Gasteiger partial charge in [0.15, 0.2) is 11.6 Å². The standard InChI is InChI=1S/C21H22F2O.CH4.H2/c1-3-14-4-6-15(7-5-14)16-8-10-17(11-9-16)18-12-13-19(24-2)21(23)20(18)22;;/h3,8-15H,1,4-7H2,2H3;1H4;1H. The van der Waals surface area contributed by atoms with Crippen molar-refractivity contribution in [2.24, 2.45) is 5.92 Å². The Morgan fingerprint density at radius 3 is 2.20 bits per heavy atom. The lowest BCUT2D eigenvalue weighted by molar-refractivity contribution is 0.372. The molecule has 1 fully saturated rings. The van der Waals surface area contributed by atoms with Crippen LogP contribution in [0.2, 0.25) is 0 Å². The Labute approximate surface area is 150 Å². The smallest absolute Gasteiger partial charge is 0.201 e. The van der Waals surface area contributed by atoms with E-state index in [-0.39, 0.29) is 20.2 Å². The highest BCUT2D eigenvalue weighted by atomic mass is 19.2. The molecular formula is C22H28F2O. The van der Waals surface area contributed by atoms with Crippen molar-refractivity contribution in [2.75, 3.05) is 7.11 Å². The van der Waals surface area contributed by atoms with Crippen LogP contribution in [0.5, 0.6) is 5.75 Å². The Morgan fingerprint density at radius 1 is 1.00 bits per heavy atom.